The van der Waals surface area contributed by atoms with Crippen molar-refractivity contribution in [3.05, 3.63) is 157 Å². The Bertz CT molecular complexity index is 2930. The fraction of sp³-hybridized carbons (Fsp3) is 0.0227. The number of fused-ring (bicyclic) bond motifs is 9. The smallest absolute Gasteiger partial charge is 0.136 e. The van der Waals surface area contributed by atoms with Gasteiger partial charge in [0.1, 0.15) is 17.2 Å². The largest absolute Gasteiger partial charge is 0.456 e. The standard InChI is InChI=1S/C44H27N3O/c1-27-22-28(23-41(36(27)26-45)47-38-18-8-3-13-30(38)31-14-4-9-19-39(31)47)29-12-2-7-17-37(29)46-40-20-10-5-15-32(40)34-25-44-35(24-42(34)46)33-16-6-11-21-43(33)48-44/h2-25H,1H3. The van der Waals surface area contributed by atoms with Crippen LogP contribution in [0.15, 0.2) is 150 Å². The van der Waals surface area contributed by atoms with Crippen LogP contribution >= 0.6 is 0 Å². The number of aryl methyl sites for hydroxylation is 1. The number of nitrogens with zero attached hydrogens (tertiary/aromatic N) is 3. The minimum Gasteiger partial charge on any atom is -0.456 e. The minimum atomic E-state index is 0.675. The Morgan fingerprint density at radius 3 is 1.73 bits per heavy atom. The summed E-state index contributed by atoms with van der Waals surface area (Å²) < 4.78 is 11.0. The molecule has 0 atom stereocenters. The average Bonchev–Trinajstić information content (AvgIpc) is 3.77. The highest BCUT2D eigenvalue weighted by molar-refractivity contribution is 6.17. The molecule has 10 rings (SSSR count). The lowest BCUT2D eigenvalue weighted by atomic mass is 9.96. The van der Waals surface area contributed by atoms with E-state index in [9.17, 15) is 5.26 Å². The summed E-state index contributed by atoms with van der Waals surface area (Å²) in [5.41, 5.74) is 11.9. The van der Waals surface area contributed by atoms with Crippen molar-refractivity contribution in [2.24, 2.45) is 0 Å². The average molecular weight is 614 g/mol. The molecule has 4 heteroatoms. The topological polar surface area (TPSA) is 46.8 Å². The van der Waals surface area contributed by atoms with Gasteiger partial charge >= 0.3 is 0 Å². The summed E-state index contributed by atoms with van der Waals surface area (Å²) in [4.78, 5) is 0. The van der Waals surface area contributed by atoms with Gasteiger partial charge in [0.15, 0.2) is 0 Å². The van der Waals surface area contributed by atoms with Crippen LogP contribution < -0.4 is 0 Å². The van der Waals surface area contributed by atoms with Crippen molar-refractivity contribution in [3.63, 3.8) is 0 Å². The normalized spacial score (nSPS) is 11.8. The van der Waals surface area contributed by atoms with E-state index < -0.39 is 0 Å². The predicted molar refractivity (Wildman–Crippen MR) is 197 cm³/mol. The molecule has 0 spiro atoms. The highest BCUT2D eigenvalue weighted by atomic mass is 16.3. The fourth-order valence-corrected chi connectivity index (χ4v) is 7.79. The van der Waals surface area contributed by atoms with E-state index in [1.165, 1.54) is 16.2 Å². The van der Waals surface area contributed by atoms with Gasteiger partial charge in [-0.05, 0) is 72.6 Å². The second-order valence-corrected chi connectivity index (χ2v) is 12.5. The van der Waals surface area contributed by atoms with Gasteiger partial charge in [-0.3, -0.25) is 0 Å². The van der Waals surface area contributed by atoms with E-state index >= 15 is 0 Å². The van der Waals surface area contributed by atoms with E-state index in [1.807, 2.05) is 19.1 Å². The van der Waals surface area contributed by atoms with Crippen LogP contribution in [0.2, 0.25) is 0 Å². The van der Waals surface area contributed by atoms with Crippen molar-refractivity contribution in [1.29, 1.82) is 5.26 Å². The maximum Gasteiger partial charge on any atom is 0.136 e. The summed E-state index contributed by atoms with van der Waals surface area (Å²) in [6.07, 6.45) is 0. The maximum atomic E-state index is 10.5. The van der Waals surface area contributed by atoms with Gasteiger partial charge in [0.25, 0.3) is 0 Å². The third-order valence-electron chi connectivity index (χ3n) is 9.87. The van der Waals surface area contributed by atoms with Crippen molar-refractivity contribution in [2.75, 3.05) is 0 Å². The first-order chi connectivity index (χ1) is 23.7. The third kappa shape index (κ3) is 3.64. The van der Waals surface area contributed by atoms with Crippen molar-refractivity contribution in [3.8, 4) is 28.6 Å². The van der Waals surface area contributed by atoms with Crippen LogP contribution in [0.1, 0.15) is 11.1 Å². The molecule has 48 heavy (non-hydrogen) atoms. The van der Waals surface area contributed by atoms with Gasteiger partial charge < -0.3 is 13.6 Å². The fourth-order valence-electron chi connectivity index (χ4n) is 7.79. The molecule has 3 heterocycles. The summed E-state index contributed by atoms with van der Waals surface area (Å²) in [5, 5.41) is 17.4. The molecule has 7 aromatic carbocycles. The molecule has 0 aliphatic carbocycles. The van der Waals surface area contributed by atoms with E-state index in [2.05, 4.69) is 149 Å². The minimum absolute atomic E-state index is 0.675. The van der Waals surface area contributed by atoms with Crippen molar-refractivity contribution in [1.82, 2.24) is 9.13 Å². The van der Waals surface area contributed by atoms with Gasteiger partial charge in [0, 0.05) is 37.9 Å². The summed E-state index contributed by atoms with van der Waals surface area (Å²) in [7, 11) is 0. The lowest BCUT2D eigenvalue weighted by molar-refractivity contribution is 0.669. The van der Waals surface area contributed by atoms with Crippen LogP contribution in [0.3, 0.4) is 0 Å². The van der Waals surface area contributed by atoms with E-state index in [-0.39, 0.29) is 0 Å². The van der Waals surface area contributed by atoms with Crippen molar-refractivity contribution in [2.45, 2.75) is 6.92 Å². The monoisotopic (exact) mass is 613 g/mol. The molecule has 3 aromatic heterocycles. The molecular weight excluding hydrogens is 587 g/mol. The number of furan rings is 1. The van der Waals surface area contributed by atoms with E-state index in [1.54, 1.807) is 0 Å². The van der Waals surface area contributed by atoms with Gasteiger partial charge in [-0.2, -0.15) is 5.26 Å². The zero-order chi connectivity index (χ0) is 31.9. The number of rotatable bonds is 3. The molecule has 0 radical (unpaired) electrons. The number of hydrogen-bond donors (Lipinski definition) is 0. The van der Waals surface area contributed by atoms with Crippen molar-refractivity contribution >= 4 is 65.6 Å². The van der Waals surface area contributed by atoms with Gasteiger partial charge in [0.05, 0.1) is 39.0 Å². The third-order valence-corrected chi connectivity index (χ3v) is 9.87. The number of hydrogen-bond acceptors (Lipinski definition) is 2. The number of nitriles is 1. The SMILES string of the molecule is Cc1cc(-c2ccccc2-n2c3ccccc3c3cc4oc5ccccc5c4cc32)cc(-n2c3ccccc3c3ccccc32)c1C#N. The predicted octanol–water partition coefficient (Wildman–Crippen LogP) is 11.6. The quantitative estimate of drug-likeness (QED) is 0.199. The zero-order valence-corrected chi connectivity index (χ0v) is 26.1. The zero-order valence-electron chi connectivity index (χ0n) is 26.1. The molecule has 0 saturated carbocycles. The first-order valence-electron chi connectivity index (χ1n) is 16.2. The number of aromatic nitrogens is 2. The molecule has 0 aliphatic rings. The molecular formula is C44H27N3O. The molecule has 0 N–H and O–H groups in total. The Balaban J connectivity index is 1.28. The van der Waals surface area contributed by atoms with Crippen LogP contribution in [0.5, 0.6) is 0 Å². The Morgan fingerprint density at radius 1 is 0.479 bits per heavy atom. The van der Waals surface area contributed by atoms with E-state index in [0.717, 1.165) is 77.5 Å². The van der Waals surface area contributed by atoms with Gasteiger partial charge in [-0.15, -0.1) is 0 Å². The molecule has 0 unspecified atom stereocenters. The van der Waals surface area contributed by atoms with Gasteiger partial charge in [0.2, 0.25) is 0 Å². The van der Waals surface area contributed by atoms with Crippen LogP contribution in [0, 0.1) is 18.3 Å². The van der Waals surface area contributed by atoms with Crippen LogP contribution in [-0.4, -0.2) is 9.13 Å². The molecule has 4 nitrogen and oxygen atoms in total. The van der Waals surface area contributed by atoms with Crippen molar-refractivity contribution < 1.29 is 4.42 Å². The van der Waals surface area contributed by atoms with Crippen LogP contribution in [0.4, 0.5) is 0 Å². The molecule has 0 aliphatic heterocycles. The highest BCUT2D eigenvalue weighted by Gasteiger charge is 2.21. The van der Waals surface area contributed by atoms with Crippen LogP contribution in [-0.2, 0) is 0 Å². The molecule has 0 fully saturated rings. The summed E-state index contributed by atoms with van der Waals surface area (Å²) in [5.74, 6) is 0. The second kappa shape index (κ2) is 9.96. The summed E-state index contributed by atoms with van der Waals surface area (Å²) in [6.45, 7) is 2.04. The summed E-state index contributed by atoms with van der Waals surface area (Å²) >= 11 is 0. The second-order valence-electron chi connectivity index (χ2n) is 12.5. The lowest BCUT2D eigenvalue weighted by Gasteiger charge is -2.18. The Labute approximate surface area is 275 Å². The maximum absolute atomic E-state index is 10.5. The van der Waals surface area contributed by atoms with E-state index in [4.69, 9.17) is 4.42 Å². The first kappa shape index (κ1) is 26.6. The van der Waals surface area contributed by atoms with Gasteiger partial charge in [-0.25, -0.2) is 0 Å². The number of benzene rings is 7. The Morgan fingerprint density at radius 2 is 1.04 bits per heavy atom. The molecule has 10 aromatic rings. The molecule has 0 bridgehead atoms. The Hall–Kier alpha value is -6.57. The Kier molecular flexibility index (Phi) is 5.53. The van der Waals surface area contributed by atoms with Crippen LogP contribution in [0.25, 0.3) is 88.1 Å². The number of para-hydroxylation sites is 5. The van der Waals surface area contributed by atoms with Gasteiger partial charge in [-0.1, -0.05) is 91.0 Å². The molecule has 224 valence electrons. The molecule has 0 saturated heterocycles. The molecule has 0 amide bonds. The van der Waals surface area contributed by atoms with E-state index in [0.29, 0.717) is 5.56 Å². The summed E-state index contributed by atoms with van der Waals surface area (Å²) in [6, 6.07) is 53.7. The first-order valence-corrected chi connectivity index (χ1v) is 16.2. The lowest BCUT2D eigenvalue weighted by Crippen LogP contribution is -2.02. The highest BCUT2D eigenvalue weighted by Crippen LogP contribution is 2.41.